The summed E-state index contributed by atoms with van der Waals surface area (Å²) in [7, 11) is 2.01. The number of hydrogen-bond acceptors (Lipinski definition) is 2. The summed E-state index contributed by atoms with van der Waals surface area (Å²) < 4.78 is 0. The molecule has 0 aliphatic rings. The molecule has 0 atom stereocenters. The molecular formula is C14H16N2S2. The SMILES string of the molecule is CN(Cc1ccsc1)C(=S)NCc1ccccc1. The molecule has 0 saturated carbocycles. The van der Waals surface area contributed by atoms with Gasteiger partial charge in [-0.15, -0.1) is 0 Å². The summed E-state index contributed by atoms with van der Waals surface area (Å²) in [5, 5.41) is 8.29. The Hall–Kier alpha value is -1.39. The maximum absolute atomic E-state index is 5.37. The molecule has 0 aliphatic carbocycles. The van der Waals surface area contributed by atoms with Crippen molar-refractivity contribution in [1.82, 2.24) is 10.2 Å². The van der Waals surface area contributed by atoms with Gasteiger partial charge in [0.15, 0.2) is 5.11 Å². The van der Waals surface area contributed by atoms with E-state index >= 15 is 0 Å². The van der Waals surface area contributed by atoms with Crippen LogP contribution in [0.2, 0.25) is 0 Å². The fraction of sp³-hybridized carbons (Fsp3) is 0.214. The minimum atomic E-state index is 0.771. The molecule has 94 valence electrons. The van der Waals surface area contributed by atoms with Crippen molar-refractivity contribution < 1.29 is 0 Å². The van der Waals surface area contributed by atoms with Crippen LogP contribution in [-0.2, 0) is 13.1 Å². The van der Waals surface area contributed by atoms with E-state index in [1.54, 1.807) is 11.3 Å². The second-order valence-electron chi connectivity index (χ2n) is 4.13. The Morgan fingerprint density at radius 3 is 2.67 bits per heavy atom. The maximum Gasteiger partial charge on any atom is 0.169 e. The van der Waals surface area contributed by atoms with Crippen molar-refractivity contribution in [1.29, 1.82) is 0 Å². The highest BCUT2D eigenvalue weighted by Crippen LogP contribution is 2.08. The highest BCUT2D eigenvalue weighted by Gasteiger charge is 2.04. The van der Waals surface area contributed by atoms with Crippen LogP contribution in [0.5, 0.6) is 0 Å². The van der Waals surface area contributed by atoms with E-state index in [2.05, 4.69) is 39.2 Å². The van der Waals surface area contributed by atoms with Crippen LogP contribution in [0.15, 0.2) is 47.2 Å². The fourth-order valence-corrected chi connectivity index (χ4v) is 2.43. The summed E-state index contributed by atoms with van der Waals surface area (Å²) in [6.45, 7) is 1.62. The van der Waals surface area contributed by atoms with E-state index in [4.69, 9.17) is 12.2 Å². The average molecular weight is 276 g/mol. The molecule has 0 unspecified atom stereocenters. The Bertz CT molecular complexity index is 480. The summed E-state index contributed by atoms with van der Waals surface area (Å²) in [6, 6.07) is 12.4. The van der Waals surface area contributed by atoms with E-state index in [-0.39, 0.29) is 0 Å². The molecule has 0 aliphatic heterocycles. The molecular weight excluding hydrogens is 260 g/mol. The number of thiocarbonyl (C=S) groups is 1. The van der Waals surface area contributed by atoms with Crippen molar-refractivity contribution in [3.8, 4) is 0 Å². The molecule has 0 amide bonds. The van der Waals surface area contributed by atoms with Crippen LogP contribution in [0.3, 0.4) is 0 Å². The minimum absolute atomic E-state index is 0.771. The molecule has 1 aromatic heterocycles. The molecule has 2 nitrogen and oxygen atoms in total. The summed E-state index contributed by atoms with van der Waals surface area (Å²) in [5.41, 5.74) is 2.54. The number of rotatable bonds is 4. The average Bonchev–Trinajstić information content (AvgIpc) is 2.90. The second kappa shape index (κ2) is 6.52. The van der Waals surface area contributed by atoms with Crippen LogP contribution in [0.4, 0.5) is 0 Å². The lowest BCUT2D eigenvalue weighted by atomic mass is 10.2. The topological polar surface area (TPSA) is 15.3 Å². The van der Waals surface area contributed by atoms with E-state index in [0.717, 1.165) is 18.2 Å². The number of thiophene rings is 1. The Kier molecular flexibility index (Phi) is 4.73. The Morgan fingerprint density at radius 2 is 2.00 bits per heavy atom. The van der Waals surface area contributed by atoms with Crippen LogP contribution in [0.25, 0.3) is 0 Å². The van der Waals surface area contributed by atoms with Gasteiger partial charge in [0, 0.05) is 20.1 Å². The predicted molar refractivity (Wildman–Crippen MR) is 81.7 cm³/mol. The van der Waals surface area contributed by atoms with Crippen molar-refractivity contribution >= 4 is 28.7 Å². The van der Waals surface area contributed by atoms with Gasteiger partial charge in [-0.1, -0.05) is 30.3 Å². The van der Waals surface area contributed by atoms with Gasteiger partial charge in [-0.25, -0.2) is 0 Å². The molecule has 18 heavy (non-hydrogen) atoms. The largest absolute Gasteiger partial charge is 0.358 e. The first-order valence-electron chi connectivity index (χ1n) is 5.79. The lowest BCUT2D eigenvalue weighted by Crippen LogP contribution is -2.36. The van der Waals surface area contributed by atoms with E-state index in [1.165, 1.54) is 11.1 Å². The number of benzene rings is 1. The summed E-state index contributed by atoms with van der Waals surface area (Å²) in [6.07, 6.45) is 0. The van der Waals surface area contributed by atoms with Gasteiger partial charge in [-0.3, -0.25) is 0 Å². The highest BCUT2D eigenvalue weighted by molar-refractivity contribution is 7.80. The normalized spacial score (nSPS) is 10.1. The van der Waals surface area contributed by atoms with Gasteiger partial charge >= 0.3 is 0 Å². The van der Waals surface area contributed by atoms with Gasteiger partial charge in [0.05, 0.1) is 0 Å². The number of nitrogens with one attached hydrogen (secondary N) is 1. The van der Waals surface area contributed by atoms with Crippen molar-refractivity contribution in [3.63, 3.8) is 0 Å². The van der Waals surface area contributed by atoms with Gasteiger partial charge in [0.25, 0.3) is 0 Å². The van der Waals surface area contributed by atoms with Crippen LogP contribution < -0.4 is 5.32 Å². The summed E-state index contributed by atoms with van der Waals surface area (Å²) >= 11 is 7.08. The zero-order valence-electron chi connectivity index (χ0n) is 10.3. The second-order valence-corrected chi connectivity index (χ2v) is 5.30. The zero-order valence-corrected chi connectivity index (χ0v) is 11.9. The molecule has 1 heterocycles. The quantitative estimate of drug-likeness (QED) is 0.863. The standard InChI is InChI=1S/C14H16N2S2/c1-16(10-13-7-8-18-11-13)14(17)15-9-12-5-3-2-4-6-12/h2-8,11H,9-10H2,1H3,(H,15,17). The molecule has 0 spiro atoms. The van der Waals surface area contributed by atoms with Crippen LogP contribution >= 0.6 is 23.6 Å². The van der Waals surface area contributed by atoms with Crippen molar-refractivity contribution in [2.45, 2.75) is 13.1 Å². The van der Waals surface area contributed by atoms with Gasteiger partial charge in [-0.05, 0) is 40.2 Å². The van der Waals surface area contributed by atoms with Crippen molar-refractivity contribution in [2.24, 2.45) is 0 Å². The predicted octanol–water partition coefficient (Wildman–Crippen LogP) is 3.25. The maximum atomic E-state index is 5.37. The fourth-order valence-electron chi connectivity index (χ4n) is 1.64. The van der Waals surface area contributed by atoms with Crippen LogP contribution in [0.1, 0.15) is 11.1 Å². The van der Waals surface area contributed by atoms with E-state index < -0.39 is 0 Å². The van der Waals surface area contributed by atoms with Gasteiger partial charge in [0.1, 0.15) is 0 Å². The molecule has 0 saturated heterocycles. The summed E-state index contributed by atoms with van der Waals surface area (Å²) in [4.78, 5) is 2.06. The summed E-state index contributed by atoms with van der Waals surface area (Å²) in [5.74, 6) is 0. The third kappa shape index (κ3) is 3.82. The minimum Gasteiger partial charge on any atom is -0.358 e. The Morgan fingerprint density at radius 1 is 1.22 bits per heavy atom. The van der Waals surface area contributed by atoms with Crippen LogP contribution in [0, 0.1) is 0 Å². The monoisotopic (exact) mass is 276 g/mol. The number of nitrogens with zero attached hydrogens (tertiary/aromatic N) is 1. The van der Waals surface area contributed by atoms with Gasteiger partial charge < -0.3 is 10.2 Å². The third-order valence-electron chi connectivity index (χ3n) is 2.63. The number of hydrogen-bond donors (Lipinski definition) is 1. The van der Waals surface area contributed by atoms with E-state index in [9.17, 15) is 0 Å². The molecule has 0 bridgehead atoms. The van der Waals surface area contributed by atoms with Gasteiger partial charge in [0.2, 0.25) is 0 Å². The van der Waals surface area contributed by atoms with Crippen LogP contribution in [-0.4, -0.2) is 17.1 Å². The lowest BCUT2D eigenvalue weighted by Gasteiger charge is -2.20. The molecule has 1 N–H and O–H groups in total. The smallest absolute Gasteiger partial charge is 0.169 e. The molecule has 2 aromatic rings. The Labute approximate surface area is 117 Å². The first-order valence-corrected chi connectivity index (χ1v) is 7.15. The molecule has 0 radical (unpaired) electrons. The van der Waals surface area contributed by atoms with Crippen molar-refractivity contribution in [2.75, 3.05) is 7.05 Å². The van der Waals surface area contributed by atoms with E-state index in [1.807, 2.05) is 25.2 Å². The van der Waals surface area contributed by atoms with Crippen molar-refractivity contribution in [3.05, 3.63) is 58.3 Å². The van der Waals surface area contributed by atoms with Gasteiger partial charge in [-0.2, -0.15) is 11.3 Å². The lowest BCUT2D eigenvalue weighted by molar-refractivity contribution is 0.489. The molecule has 0 fully saturated rings. The Balaban J connectivity index is 1.81. The zero-order chi connectivity index (χ0) is 12.8. The molecule has 4 heteroatoms. The van der Waals surface area contributed by atoms with E-state index in [0.29, 0.717) is 0 Å². The third-order valence-corrected chi connectivity index (χ3v) is 3.82. The first kappa shape index (κ1) is 13.1. The molecule has 2 rings (SSSR count). The first-order chi connectivity index (χ1) is 8.75. The molecule has 1 aromatic carbocycles. The highest BCUT2D eigenvalue weighted by atomic mass is 32.1.